The molecular weight excluding hydrogens is 599 g/mol. The minimum absolute atomic E-state index is 0.667. The molecular formula is C45H29N3O. The van der Waals surface area contributed by atoms with Gasteiger partial charge in [0.25, 0.3) is 0 Å². The Kier molecular flexibility index (Phi) is 7.10. The number of hydrogen-bond donors (Lipinski definition) is 0. The summed E-state index contributed by atoms with van der Waals surface area (Å²) in [5.41, 5.74) is 13.1. The van der Waals surface area contributed by atoms with E-state index in [9.17, 15) is 0 Å². The highest BCUT2D eigenvalue weighted by molar-refractivity contribution is 6.06. The van der Waals surface area contributed by atoms with Crippen LogP contribution in [0.25, 0.3) is 89.2 Å². The number of rotatable bonds is 6. The van der Waals surface area contributed by atoms with Crippen LogP contribution in [-0.4, -0.2) is 15.0 Å². The van der Waals surface area contributed by atoms with Crippen LogP contribution < -0.4 is 0 Å². The molecule has 9 rings (SSSR count). The van der Waals surface area contributed by atoms with Crippen LogP contribution >= 0.6 is 0 Å². The fourth-order valence-corrected chi connectivity index (χ4v) is 6.58. The molecule has 230 valence electrons. The van der Waals surface area contributed by atoms with Gasteiger partial charge in [-0.05, 0) is 88.0 Å². The van der Waals surface area contributed by atoms with E-state index in [1.54, 1.807) is 6.20 Å². The molecule has 4 heteroatoms. The summed E-state index contributed by atoms with van der Waals surface area (Å²) in [4.78, 5) is 14.6. The maximum absolute atomic E-state index is 6.18. The van der Waals surface area contributed by atoms with Gasteiger partial charge in [0.15, 0.2) is 5.82 Å². The van der Waals surface area contributed by atoms with Gasteiger partial charge in [0.05, 0.1) is 11.4 Å². The lowest BCUT2D eigenvalue weighted by molar-refractivity contribution is 0.669. The largest absolute Gasteiger partial charge is 0.456 e. The maximum Gasteiger partial charge on any atom is 0.160 e. The average molecular weight is 628 g/mol. The Bertz CT molecular complexity index is 2540. The van der Waals surface area contributed by atoms with Crippen LogP contribution in [0.1, 0.15) is 0 Å². The van der Waals surface area contributed by atoms with E-state index < -0.39 is 0 Å². The Hall–Kier alpha value is -6.65. The zero-order valence-electron chi connectivity index (χ0n) is 26.5. The molecule has 0 aliphatic carbocycles. The Labute approximate surface area is 284 Å². The first-order chi connectivity index (χ1) is 24.3. The van der Waals surface area contributed by atoms with Crippen molar-refractivity contribution in [1.29, 1.82) is 0 Å². The lowest BCUT2D eigenvalue weighted by Gasteiger charge is -2.15. The van der Waals surface area contributed by atoms with Crippen LogP contribution in [0.2, 0.25) is 0 Å². The highest BCUT2D eigenvalue weighted by Gasteiger charge is 2.16. The van der Waals surface area contributed by atoms with Gasteiger partial charge in [-0.3, -0.25) is 4.98 Å². The molecule has 0 bridgehead atoms. The van der Waals surface area contributed by atoms with Crippen molar-refractivity contribution in [3.05, 3.63) is 176 Å². The van der Waals surface area contributed by atoms with Crippen molar-refractivity contribution in [3.63, 3.8) is 0 Å². The quantitative estimate of drug-likeness (QED) is 0.184. The fourth-order valence-electron chi connectivity index (χ4n) is 6.58. The van der Waals surface area contributed by atoms with E-state index in [4.69, 9.17) is 14.4 Å². The lowest BCUT2D eigenvalue weighted by Crippen LogP contribution is -1.97. The van der Waals surface area contributed by atoms with E-state index in [2.05, 4.69) is 126 Å². The molecule has 4 nitrogen and oxygen atoms in total. The SMILES string of the molecule is c1ccc(-c2nc(-c3cccnc3)cc(-c3cc(-c4ccc5oc6ccccc6c5c4)cc(-c4ccccc4-c4ccccc4)c3)n2)cc1. The molecule has 0 radical (unpaired) electrons. The maximum atomic E-state index is 6.18. The highest BCUT2D eigenvalue weighted by Crippen LogP contribution is 2.39. The van der Waals surface area contributed by atoms with Gasteiger partial charge in [0.2, 0.25) is 0 Å². The second-order valence-electron chi connectivity index (χ2n) is 12.1. The lowest BCUT2D eigenvalue weighted by atomic mass is 9.90. The molecule has 0 N–H and O–H groups in total. The first-order valence-electron chi connectivity index (χ1n) is 16.3. The van der Waals surface area contributed by atoms with Crippen molar-refractivity contribution in [3.8, 4) is 67.3 Å². The van der Waals surface area contributed by atoms with E-state index in [1.165, 1.54) is 11.1 Å². The Morgan fingerprint density at radius 2 is 0.980 bits per heavy atom. The number of fused-ring (bicyclic) bond motifs is 3. The molecule has 0 saturated carbocycles. The third-order valence-corrected chi connectivity index (χ3v) is 8.98. The van der Waals surface area contributed by atoms with Gasteiger partial charge >= 0.3 is 0 Å². The van der Waals surface area contributed by atoms with Crippen molar-refractivity contribution in [2.45, 2.75) is 0 Å². The van der Waals surface area contributed by atoms with E-state index in [1.807, 2.05) is 48.7 Å². The van der Waals surface area contributed by atoms with Gasteiger partial charge in [-0.25, -0.2) is 9.97 Å². The van der Waals surface area contributed by atoms with Crippen LogP contribution in [0.4, 0.5) is 0 Å². The number of nitrogens with zero attached hydrogens (tertiary/aromatic N) is 3. The predicted molar refractivity (Wildman–Crippen MR) is 200 cm³/mol. The minimum Gasteiger partial charge on any atom is -0.456 e. The molecule has 3 aromatic heterocycles. The third kappa shape index (κ3) is 5.45. The van der Waals surface area contributed by atoms with Gasteiger partial charge in [0.1, 0.15) is 11.2 Å². The summed E-state index contributed by atoms with van der Waals surface area (Å²) in [5.74, 6) is 0.667. The zero-order chi connectivity index (χ0) is 32.6. The van der Waals surface area contributed by atoms with Crippen LogP contribution in [0.15, 0.2) is 181 Å². The first kappa shape index (κ1) is 28.6. The number of benzene rings is 6. The molecule has 0 aliphatic heterocycles. The summed E-state index contributed by atoms with van der Waals surface area (Å²) in [6.07, 6.45) is 3.63. The molecule has 0 atom stereocenters. The Balaban J connectivity index is 1.29. The summed E-state index contributed by atoms with van der Waals surface area (Å²) in [7, 11) is 0. The molecule has 0 unspecified atom stereocenters. The van der Waals surface area contributed by atoms with Gasteiger partial charge in [-0.15, -0.1) is 0 Å². The molecule has 6 aromatic carbocycles. The monoisotopic (exact) mass is 627 g/mol. The normalized spacial score (nSPS) is 11.3. The standard InChI is InChI=1S/C45H29N3O/c1-3-12-30(13-4-1)37-17-7-8-18-38(37)35-24-34(32-21-22-44-40(27-32)39-19-9-10-20-43(39)49-44)25-36(26-35)42-28-41(33-16-11-23-46-29-33)47-45(48-42)31-14-5-2-6-15-31/h1-29H. The first-order valence-corrected chi connectivity index (χ1v) is 16.3. The molecule has 49 heavy (non-hydrogen) atoms. The van der Waals surface area contributed by atoms with E-state index >= 15 is 0 Å². The van der Waals surface area contributed by atoms with E-state index in [-0.39, 0.29) is 0 Å². The molecule has 3 heterocycles. The second-order valence-corrected chi connectivity index (χ2v) is 12.1. The summed E-state index contributed by atoms with van der Waals surface area (Å²) < 4.78 is 6.18. The van der Waals surface area contributed by atoms with E-state index in [0.29, 0.717) is 5.82 Å². The van der Waals surface area contributed by atoms with Crippen molar-refractivity contribution in [2.24, 2.45) is 0 Å². The summed E-state index contributed by atoms with van der Waals surface area (Å²) in [6, 6.07) is 56.8. The fraction of sp³-hybridized carbons (Fsp3) is 0. The Morgan fingerprint density at radius 3 is 1.76 bits per heavy atom. The van der Waals surface area contributed by atoms with Gasteiger partial charge in [0, 0.05) is 39.9 Å². The number of hydrogen-bond acceptors (Lipinski definition) is 4. The van der Waals surface area contributed by atoms with Crippen LogP contribution in [-0.2, 0) is 0 Å². The van der Waals surface area contributed by atoms with Crippen LogP contribution in [0, 0.1) is 0 Å². The van der Waals surface area contributed by atoms with Gasteiger partial charge in [-0.2, -0.15) is 0 Å². The van der Waals surface area contributed by atoms with E-state index in [0.717, 1.165) is 72.3 Å². The predicted octanol–water partition coefficient (Wildman–Crippen LogP) is 11.8. The van der Waals surface area contributed by atoms with Crippen molar-refractivity contribution < 1.29 is 4.42 Å². The average Bonchev–Trinajstić information content (AvgIpc) is 3.57. The molecule has 0 saturated heterocycles. The molecule has 0 amide bonds. The molecule has 0 spiro atoms. The Morgan fingerprint density at radius 1 is 0.367 bits per heavy atom. The van der Waals surface area contributed by atoms with Crippen LogP contribution in [0.5, 0.6) is 0 Å². The number of para-hydroxylation sites is 1. The molecule has 9 aromatic rings. The summed E-state index contributed by atoms with van der Waals surface area (Å²) in [5, 5.41) is 2.20. The van der Waals surface area contributed by atoms with Crippen molar-refractivity contribution in [2.75, 3.05) is 0 Å². The second kappa shape index (κ2) is 12.2. The van der Waals surface area contributed by atoms with Gasteiger partial charge < -0.3 is 4.42 Å². The molecule has 0 fully saturated rings. The highest BCUT2D eigenvalue weighted by atomic mass is 16.3. The number of aromatic nitrogens is 3. The zero-order valence-corrected chi connectivity index (χ0v) is 26.5. The smallest absolute Gasteiger partial charge is 0.160 e. The third-order valence-electron chi connectivity index (χ3n) is 8.98. The molecule has 0 aliphatic rings. The number of pyridine rings is 1. The van der Waals surface area contributed by atoms with Crippen molar-refractivity contribution >= 4 is 21.9 Å². The summed E-state index contributed by atoms with van der Waals surface area (Å²) >= 11 is 0. The van der Waals surface area contributed by atoms with Gasteiger partial charge in [-0.1, -0.05) is 109 Å². The van der Waals surface area contributed by atoms with Crippen molar-refractivity contribution in [1.82, 2.24) is 15.0 Å². The summed E-state index contributed by atoms with van der Waals surface area (Å²) in [6.45, 7) is 0. The minimum atomic E-state index is 0.667. The number of furan rings is 1. The topological polar surface area (TPSA) is 51.8 Å². The van der Waals surface area contributed by atoms with Crippen LogP contribution in [0.3, 0.4) is 0 Å².